The monoisotopic (exact) mass is 394 g/mol. The number of benzene rings is 2. The zero-order valence-electron chi connectivity index (χ0n) is 16.7. The van der Waals surface area contributed by atoms with Gasteiger partial charge >= 0.3 is 5.76 Å². The zero-order chi connectivity index (χ0) is 20.1. The van der Waals surface area contributed by atoms with Gasteiger partial charge in [-0.2, -0.15) is 0 Å². The van der Waals surface area contributed by atoms with Crippen LogP contribution in [-0.2, 0) is 24.4 Å². The third-order valence-corrected chi connectivity index (χ3v) is 5.64. The molecule has 0 saturated carbocycles. The Kier molecular flexibility index (Phi) is 6.10. The number of amides is 1. The van der Waals surface area contributed by atoms with E-state index in [1.165, 1.54) is 31.5 Å². The minimum atomic E-state index is -0.373. The largest absolute Gasteiger partial charge is 0.419 e. The molecule has 6 nitrogen and oxygen atoms in total. The van der Waals surface area contributed by atoms with E-state index in [-0.39, 0.29) is 11.7 Å². The smallest absolute Gasteiger partial charge is 0.408 e. The van der Waals surface area contributed by atoms with Crippen LogP contribution in [0.2, 0.25) is 0 Å². The fraction of sp³-hybridized carbons (Fsp3) is 0.391. The quantitative estimate of drug-likeness (QED) is 0.613. The van der Waals surface area contributed by atoms with Crippen molar-refractivity contribution in [2.75, 3.05) is 13.1 Å². The summed E-state index contributed by atoms with van der Waals surface area (Å²) in [7, 11) is 0. The van der Waals surface area contributed by atoms with E-state index < -0.39 is 0 Å². The Bertz CT molecular complexity index is 1010. The molecule has 0 spiro atoms. The summed E-state index contributed by atoms with van der Waals surface area (Å²) in [5.74, 6) is -0.376. The fourth-order valence-electron chi connectivity index (χ4n) is 4.03. The number of aromatic nitrogens is 1. The molecule has 2 N–H and O–H groups in total. The van der Waals surface area contributed by atoms with Crippen LogP contribution in [0.3, 0.4) is 0 Å². The first-order chi connectivity index (χ1) is 14.2. The molecule has 3 aromatic rings. The van der Waals surface area contributed by atoms with E-state index in [1.807, 2.05) is 18.2 Å². The maximum atomic E-state index is 12.2. The number of likely N-dealkylation sites (tertiary alicyclic amines) is 1. The average molecular weight is 394 g/mol. The zero-order valence-corrected chi connectivity index (χ0v) is 16.7. The highest BCUT2D eigenvalue weighted by molar-refractivity contribution is 5.76. The predicted octanol–water partition coefficient (Wildman–Crippen LogP) is 1.87. The van der Waals surface area contributed by atoms with Crippen molar-refractivity contribution < 1.29 is 14.1 Å². The molecule has 6 heteroatoms. The van der Waals surface area contributed by atoms with E-state index >= 15 is 0 Å². The number of nitrogens with one attached hydrogen (secondary N) is 2. The van der Waals surface area contributed by atoms with Gasteiger partial charge in [-0.3, -0.25) is 9.36 Å². The number of carbonyl (C=O) groups excluding carboxylic acids is 1. The molecule has 0 bridgehead atoms. The summed E-state index contributed by atoms with van der Waals surface area (Å²) in [6, 6.07) is 15.9. The number of hydrogen-bond acceptors (Lipinski definition) is 3. The second-order valence-electron chi connectivity index (χ2n) is 7.82. The Morgan fingerprint density at radius 2 is 1.76 bits per heavy atom. The molecule has 1 fully saturated rings. The maximum absolute atomic E-state index is 12.2. The predicted molar refractivity (Wildman–Crippen MR) is 112 cm³/mol. The van der Waals surface area contributed by atoms with Gasteiger partial charge in [0, 0.05) is 37.9 Å². The van der Waals surface area contributed by atoms with Crippen LogP contribution >= 0.6 is 0 Å². The molecular weight excluding hydrogens is 366 g/mol. The lowest BCUT2D eigenvalue weighted by Gasteiger charge is -2.12. The fourth-order valence-corrected chi connectivity index (χ4v) is 4.03. The molecule has 4 rings (SSSR count). The number of quaternary nitrogens is 1. The molecule has 0 unspecified atom stereocenters. The second-order valence-corrected chi connectivity index (χ2v) is 7.82. The van der Waals surface area contributed by atoms with Gasteiger partial charge in [0.25, 0.3) is 0 Å². The molecule has 1 aliphatic heterocycles. The summed E-state index contributed by atoms with van der Waals surface area (Å²) in [6.45, 7) is 4.65. The number of carbonyl (C=O) groups is 1. The Labute approximate surface area is 170 Å². The lowest BCUT2D eigenvalue weighted by Crippen LogP contribution is -3.08. The first kappa shape index (κ1) is 19.5. The van der Waals surface area contributed by atoms with Crippen LogP contribution in [-0.4, -0.2) is 23.6 Å². The van der Waals surface area contributed by atoms with Crippen LogP contribution in [0, 0.1) is 0 Å². The molecule has 1 aliphatic rings. The van der Waals surface area contributed by atoms with Gasteiger partial charge in [0.2, 0.25) is 5.91 Å². The van der Waals surface area contributed by atoms with Crippen LogP contribution in [0.5, 0.6) is 0 Å². The van der Waals surface area contributed by atoms with Gasteiger partial charge in [-0.25, -0.2) is 4.79 Å². The van der Waals surface area contributed by atoms with E-state index in [9.17, 15) is 9.59 Å². The standard InChI is InChI=1S/C23H27N3O3/c27-22(8-5-15-26-20-6-1-2-7-21(20)29-23(26)28)24-16-18-9-11-19(12-10-18)17-25-13-3-4-14-25/h1-2,6-7,9-12H,3-5,8,13-17H2,(H,24,27)/p+1. The summed E-state index contributed by atoms with van der Waals surface area (Å²) >= 11 is 0. The van der Waals surface area contributed by atoms with Crippen LogP contribution in [0.1, 0.15) is 36.8 Å². The van der Waals surface area contributed by atoms with E-state index in [1.54, 1.807) is 15.5 Å². The number of rotatable bonds is 8. The van der Waals surface area contributed by atoms with Gasteiger partial charge in [0.1, 0.15) is 6.54 Å². The number of oxazole rings is 1. The highest BCUT2D eigenvalue weighted by atomic mass is 16.4. The molecule has 1 amide bonds. The molecule has 1 aromatic heterocycles. The van der Waals surface area contributed by atoms with Crippen molar-refractivity contribution in [2.24, 2.45) is 0 Å². The Morgan fingerprint density at radius 1 is 1.03 bits per heavy atom. The van der Waals surface area contributed by atoms with Crippen molar-refractivity contribution >= 4 is 17.0 Å². The number of hydrogen-bond donors (Lipinski definition) is 2. The Hall–Kier alpha value is -2.86. The minimum Gasteiger partial charge on any atom is -0.408 e. The van der Waals surface area contributed by atoms with Crippen LogP contribution in [0.4, 0.5) is 0 Å². The van der Waals surface area contributed by atoms with Crippen molar-refractivity contribution in [3.8, 4) is 0 Å². The highest BCUT2D eigenvalue weighted by Gasteiger charge is 2.15. The average Bonchev–Trinajstić information content (AvgIpc) is 3.35. The molecule has 2 aromatic carbocycles. The van der Waals surface area contributed by atoms with E-state index in [2.05, 4.69) is 29.6 Å². The first-order valence-electron chi connectivity index (χ1n) is 10.5. The number of aryl methyl sites for hydroxylation is 1. The number of para-hydroxylation sites is 2. The summed E-state index contributed by atoms with van der Waals surface area (Å²) in [6.07, 6.45) is 3.64. The van der Waals surface area contributed by atoms with Crippen molar-refractivity contribution in [1.29, 1.82) is 0 Å². The van der Waals surface area contributed by atoms with Gasteiger partial charge in [0.05, 0.1) is 18.6 Å². The van der Waals surface area contributed by atoms with Crippen LogP contribution < -0.4 is 16.0 Å². The third-order valence-electron chi connectivity index (χ3n) is 5.64. The molecule has 29 heavy (non-hydrogen) atoms. The van der Waals surface area contributed by atoms with Crippen LogP contribution in [0.15, 0.2) is 57.7 Å². The van der Waals surface area contributed by atoms with Crippen molar-refractivity contribution in [2.45, 2.75) is 45.3 Å². The van der Waals surface area contributed by atoms with Gasteiger partial charge < -0.3 is 14.6 Å². The normalized spacial score (nSPS) is 14.5. The summed E-state index contributed by atoms with van der Waals surface area (Å²) < 4.78 is 6.81. The molecule has 1 saturated heterocycles. The van der Waals surface area contributed by atoms with Crippen molar-refractivity contribution in [1.82, 2.24) is 9.88 Å². The van der Waals surface area contributed by atoms with Gasteiger partial charge in [-0.1, -0.05) is 36.4 Å². The minimum absolute atomic E-state index is 0.00330. The first-order valence-corrected chi connectivity index (χ1v) is 10.5. The topological polar surface area (TPSA) is 68.7 Å². The van der Waals surface area contributed by atoms with E-state index in [0.717, 1.165) is 17.6 Å². The van der Waals surface area contributed by atoms with Crippen LogP contribution in [0.25, 0.3) is 11.1 Å². The molecule has 0 atom stereocenters. The molecule has 2 heterocycles. The molecular formula is C23H28N3O3+. The SMILES string of the molecule is O=C(CCCn1c(=O)oc2ccccc21)NCc1ccc(C[NH+]2CCCC2)cc1. The molecule has 152 valence electrons. The lowest BCUT2D eigenvalue weighted by atomic mass is 10.1. The Morgan fingerprint density at radius 3 is 2.55 bits per heavy atom. The van der Waals surface area contributed by atoms with E-state index in [0.29, 0.717) is 31.5 Å². The third kappa shape index (κ3) is 4.95. The summed E-state index contributed by atoms with van der Waals surface area (Å²) in [5, 5.41) is 2.97. The number of fused-ring (bicyclic) bond motifs is 1. The molecule has 0 radical (unpaired) electrons. The van der Waals surface area contributed by atoms with Gasteiger partial charge in [-0.15, -0.1) is 0 Å². The van der Waals surface area contributed by atoms with Gasteiger partial charge in [0.15, 0.2) is 5.58 Å². The highest BCUT2D eigenvalue weighted by Crippen LogP contribution is 2.12. The van der Waals surface area contributed by atoms with E-state index in [4.69, 9.17) is 4.42 Å². The maximum Gasteiger partial charge on any atom is 0.419 e. The lowest BCUT2D eigenvalue weighted by molar-refractivity contribution is -0.901. The summed E-state index contributed by atoms with van der Waals surface area (Å²) in [5.41, 5.74) is 3.82. The summed E-state index contributed by atoms with van der Waals surface area (Å²) in [4.78, 5) is 25.8. The second kappa shape index (κ2) is 9.09. The Balaban J connectivity index is 1.22. The molecule has 0 aliphatic carbocycles. The van der Waals surface area contributed by atoms with Crippen molar-refractivity contribution in [3.63, 3.8) is 0 Å². The number of nitrogens with zero attached hydrogens (tertiary/aromatic N) is 1. The van der Waals surface area contributed by atoms with Crippen molar-refractivity contribution in [3.05, 3.63) is 70.2 Å². The van der Waals surface area contributed by atoms with Gasteiger partial charge in [-0.05, 0) is 24.1 Å².